The molecule has 2 heteroatoms. The highest BCUT2D eigenvalue weighted by molar-refractivity contribution is 5.70. The van der Waals surface area contributed by atoms with Gasteiger partial charge in [0.2, 0.25) is 0 Å². The molecule has 0 aliphatic heterocycles. The zero-order valence-corrected chi connectivity index (χ0v) is 8.96. The van der Waals surface area contributed by atoms with Crippen LogP contribution in [0.2, 0.25) is 0 Å². The van der Waals surface area contributed by atoms with E-state index in [1.165, 1.54) is 5.69 Å². The minimum absolute atomic E-state index is 0.788. The Morgan fingerprint density at radius 3 is 2.50 bits per heavy atom. The maximum atomic E-state index is 5.72. The average Bonchev–Trinajstić information content (AvgIpc) is 2.21. The van der Waals surface area contributed by atoms with E-state index >= 15 is 0 Å². The molecule has 0 spiro atoms. The van der Waals surface area contributed by atoms with Gasteiger partial charge in [0.1, 0.15) is 0 Å². The van der Waals surface area contributed by atoms with Gasteiger partial charge in [0.05, 0.1) is 0 Å². The van der Waals surface area contributed by atoms with Crippen LogP contribution in [0.25, 0.3) is 6.08 Å². The molecule has 0 unspecified atom stereocenters. The molecule has 2 N–H and O–H groups in total. The van der Waals surface area contributed by atoms with Gasteiger partial charge in [-0.15, -0.1) is 0 Å². The lowest BCUT2D eigenvalue weighted by Gasteiger charge is -2.23. The lowest BCUT2D eigenvalue weighted by molar-refractivity contribution is 0.865. The highest BCUT2D eigenvalue weighted by Gasteiger charge is 2.05. The van der Waals surface area contributed by atoms with Crippen LogP contribution in [0.15, 0.2) is 24.8 Å². The third-order valence-electron chi connectivity index (χ3n) is 2.38. The van der Waals surface area contributed by atoms with Gasteiger partial charge >= 0.3 is 0 Å². The molecule has 0 aliphatic carbocycles. The first-order valence-corrected chi connectivity index (χ1v) is 4.99. The van der Waals surface area contributed by atoms with E-state index in [0.29, 0.717) is 0 Å². The van der Waals surface area contributed by atoms with E-state index in [1.807, 2.05) is 18.2 Å². The molecular weight excluding hydrogens is 172 g/mol. The predicted octanol–water partition coefficient (Wildman–Crippen LogP) is 2.76. The van der Waals surface area contributed by atoms with Crippen molar-refractivity contribution < 1.29 is 0 Å². The number of hydrogen-bond donors (Lipinski definition) is 1. The minimum atomic E-state index is 0.788. The zero-order valence-electron chi connectivity index (χ0n) is 8.96. The molecule has 1 aromatic carbocycles. The molecule has 1 rings (SSSR count). The lowest BCUT2D eigenvalue weighted by Crippen LogP contribution is -2.22. The van der Waals surface area contributed by atoms with Crippen LogP contribution < -0.4 is 10.6 Å². The number of rotatable bonds is 4. The molecule has 14 heavy (non-hydrogen) atoms. The van der Waals surface area contributed by atoms with E-state index in [4.69, 9.17) is 5.73 Å². The van der Waals surface area contributed by atoms with E-state index in [1.54, 1.807) is 0 Å². The Labute approximate surface area is 86.0 Å². The Morgan fingerprint density at radius 1 is 1.36 bits per heavy atom. The summed E-state index contributed by atoms with van der Waals surface area (Å²) in [6.45, 7) is 10.1. The van der Waals surface area contributed by atoms with Gasteiger partial charge in [-0.1, -0.05) is 12.7 Å². The monoisotopic (exact) mass is 190 g/mol. The summed E-state index contributed by atoms with van der Waals surface area (Å²) in [5.41, 5.74) is 8.82. The number of anilines is 2. The van der Waals surface area contributed by atoms with Crippen molar-refractivity contribution in [1.82, 2.24) is 0 Å². The van der Waals surface area contributed by atoms with Gasteiger partial charge < -0.3 is 10.6 Å². The van der Waals surface area contributed by atoms with Crippen LogP contribution in [0.4, 0.5) is 11.4 Å². The maximum Gasteiger partial charge on any atom is 0.0440 e. The molecule has 0 radical (unpaired) electrons. The first kappa shape index (κ1) is 10.6. The van der Waals surface area contributed by atoms with Crippen molar-refractivity contribution in [1.29, 1.82) is 0 Å². The topological polar surface area (TPSA) is 29.3 Å². The van der Waals surface area contributed by atoms with Crippen molar-refractivity contribution in [2.45, 2.75) is 13.8 Å². The molecular formula is C12H18N2. The molecule has 0 aliphatic rings. The van der Waals surface area contributed by atoms with Gasteiger partial charge in [-0.2, -0.15) is 0 Å². The second-order valence-corrected chi connectivity index (χ2v) is 3.19. The Balaban J connectivity index is 3.12. The predicted molar refractivity (Wildman–Crippen MR) is 64.5 cm³/mol. The second-order valence-electron chi connectivity index (χ2n) is 3.19. The zero-order chi connectivity index (χ0) is 10.6. The third-order valence-corrected chi connectivity index (χ3v) is 2.38. The van der Waals surface area contributed by atoms with Crippen LogP contribution in [-0.2, 0) is 0 Å². The summed E-state index contributed by atoms with van der Waals surface area (Å²) >= 11 is 0. The fraction of sp³-hybridized carbons (Fsp3) is 0.333. The van der Waals surface area contributed by atoms with Crippen molar-refractivity contribution in [2.75, 3.05) is 23.7 Å². The van der Waals surface area contributed by atoms with Crippen molar-refractivity contribution in [3.8, 4) is 0 Å². The highest BCUT2D eigenvalue weighted by atomic mass is 15.1. The Morgan fingerprint density at radius 2 is 2.00 bits per heavy atom. The Kier molecular flexibility index (Phi) is 3.57. The normalized spacial score (nSPS) is 9.86. The van der Waals surface area contributed by atoms with Crippen molar-refractivity contribution in [2.24, 2.45) is 0 Å². The van der Waals surface area contributed by atoms with Gasteiger partial charge in [0.15, 0.2) is 0 Å². The number of nitrogens with zero attached hydrogens (tertiary/aromatic N) is 1. The first-order valence-electron chi connectivity index (χ1n) is 4.99. The summed E-state index contributed by atoms with van der Waals surface area (Å²) in [6, 6.07) is 5.95. The van der Waals surface area contributed by atoms with Gasteiger partial charge in [0.25, 0.3) is 0 Å². The summed E-state index contributed by atoms with van der Waals surface area (Å²) in [6.07, 6.45) is 1.85. The van der Waals surface area contributed by atoms with Crippen molar-refractivity contribution in [3.63, 3.8) is 0 Å². The van der Waals surface area contributed by atoms with Gasteiger partial charge in [-0.25, -0.2) is 0 Å². The van der Waals surface area contributed by atoms with E-state index in [-0.39, 0.29) is 0 Å². The molecule has 0 heterocycles. The highest BCUT2D eigenvalue weighted by Crippen LogP contribution is 2.23. The Bertz CT molecular complexity index is 314. The van der Waals surface area contributed by atoms with Crippen molar-refractivity contribution in [3.05, 3.63) is 30.3 Å². The maximum absolute atomic E-state index is 5.72. The van der Waals surface area contributed by atoms with Crippen LogP contribution in [0, 0.1) is 0 Å². The quantitative estimate of drug-likeness (QED) is 0.740. The summed E-state index contributed by atoms with van der Waals surface area (Å²) in [5, 5.41) is 0. The molecule has 0 atom stereocenters. The summed E-state index contributed by atoms with van der Waals surface area (Å²) in [5.74, 6) is 0. The third kappa shape index (κ3) is 2.08. The number of benzene rings is 1. The smallest absolute Gasteiger partial charge is 0.0440 e. The van der Waals surface area contributed by atoms with Crippen molar-refractivity contribution >= 4 is 17.5 Å². The largest absolute Gasteiger partial charge is 0.399 e. The molecule has 2 nitrogen and oxygen atoms in total. The van der Waals surface area contributed by atoms with Crippen LogP contribution in [0.3, 0.4) is 0 Å². The number of hydrogen-bond acceptors (Lipinski definition) is 2. The first-order chi connectivity index (χ1) is 6.72. The molecule has 0 saturated carbocycles. The van der Waals surface area contributed by atoms with Crippen LogP contribution in [0.5, 0.6) is 0 Å². The molecule has 0 saturated heterocycles. The summed E-state index contributed by atoms with van der Waals surface area (Å²) < 4.78 is 0. The Hall–Kier alpha value is -1.44. The van der Waals surface area contributed by atoms with Gasteiger partial charge in [-0.05, 0) is 37.6 Å². The SMILES string of the molecule is C=Cc1cc(N)ccc1N(CC)CC. The number of nitrogens with two attached hydrogens (primary N) is 1. The molecule has 0 amide bonds. The second kappa shape index (κ2) is 4.70. The minimum Gasteiger partial charge on any atom is -0.399 e. The molecule has 76 valence electrons. The van der Waals surface area contributed by atoms with Crippen LogP contribution >= 0.6 is 0 Å². The summed E-state index contributed by atoms with van der Waals surface area (Å²) in [4.78, 5) is 2.29. The van der Waals surface area contributed by atoms with Gasteiger partial charge in [0, 0.05) is 24.5 Å². The summed E-state index contributed by atoms with van der Waals surface area (Å²) in [7, 11) is 0. The van der Waals surface area contributed by atoms with E-state index in [0.717, 1.165) is 24.3 Å². The molecule has 0 bridgehead atoms. The lowest BCUT2D eigenvalue weighted by atomic mass is 10.1. The molecule has 0 fully saturated rings. The molecule has 1 aromatic rings. The van der Waals surface area contributed by atoms with Gasteiger partial charge in [-0.3, -0.25) is 0 Å². The average molecular weight is 190 g/mol. The van der Waals surface area contributed by atoms with E-state index < -0.39 is 0 Å². The van der Waals surface area contributed by atoms with Crippen LogP contribution in [-0.4, -0.2) is 13.1 Å². The van der Waals surface area contributed by atoms with E-state index in [2.05, 4.69) is 31.4 Å². The van der Waals surface area contributed by atoms with E-state index in [9.17, 15) is 0 Å². The standard InChI is InChI=1S/C12H18N2/c1-4-10-9-11(13)7-8-12(10)14(5-2)6-3/h4,7-9H,1,5-6,13H2,2-3H3. The number of nitrogen functional groups attached to an aromatic ring is 1. The fourth-order valence-electron chi connectivity index (χ4n) is 1.59. The molecule has 0 aromatic heterocycles. The fourth-order valence-corrected chi connectivity index (χ4v) is 1.59. The van der Waals surface area contributed by atoms with Crippen LogP contribution in [0.1, 0.15) is 19.4 Å².